The molecule has 0 spiro atoms. The number of carbonyl (C=O) groups is 2. The van der Waals surface area contributed by atoms with Crippen LogP contribution in [0.25, 0.3) is 0 Å². The number of imide groups is 1. The van der Waals surface area contributed by atoms with Gasteiger partial charge >= 0.3 is 0 Å². The van der Waals surface area contributed by atoms with E-state index in [-0.39, 0.29) is 23.9 Å². The predicted octanol–water partition coefficient (Wildman–Crippen LogP) is 0.806. The van der Waals surface area contributed by atoms with Crippen molar-refractivity contribution < 1.29 is 14.5 Å². The number of benzene rings is 1. The van der Waals surface area contributed by atoms with Crippen molar-refractivity contribution in [2.24, 2.45) is 0 Å². The van der Waals surface area contributed by atoms with Crippen molar-refractivity contribution in [1.29, 1.82) is 0 Å². The van der Waals surface area contributed by atoms with Crippen molar-refractivity contribution in [3.63, 3.8) is 0 Å². The van der Waals surface area contributed by atoms with Gasteiger partial charge in [-0.05, 0) is 6.07 Å². The molecule has 106 valence electrons. The van der Waals surface area contributed by atoms with Crippen molar-refractivity contribution in [3.05, 3.63) is 28.3 Å². The minimum Gasteiger partial charge on any atom is -0.388 e. The van der Waals surface area contributed by atoms with Gasteiger partial charge in [0.15, 0.2) is 0 Å². The highest BCUT2D eigenvalue weighted by molar-refractivity contribution is 6.06. The number of anilines is 2. The number of non-ortho nitro benzene ring substituents is 1. The van der Waals surface area contributed by atoms with E-state index in [1.807, 2.05) is 0 Å². The van der Waals surface area contributed by atoms with Gasteiger partial charge < -0.3 is 10.6 Å². The molecule has 0 radical (unpaired) electrons. The molecule has 0 aromatic heterocycles. The van der Waals surface area contributed by atoms with Crippen molar-refractivity contribution >= 4 is 28.9 Å². The molecule has 1 aliphatic heterocycles. The van der Waals surface area contributed by atoms with Crippen molar-refractivity contribution in [1.82, 2.24) is 4.90 Å². The summed E-state index contributed by atoms with van der Waals surface area (Å²) in [5.74, 6) is -0.612. The van der Waals surface area contributed by atoms with Gasteiger partial charge in [0.05, 0.1) is 11.3 Å². The molecule has 2 N–H and O–H groups in total. The molecule has 0 saturated carbocycles. The Balaban J connectivity index is 2.25. The Bertz CT molecular complexity index is 587. The molecule has 1 aromatic carbocycles. The molecule has 1 saturated heterocycles. The van der Waals surface area contributed by atoms with Crippen molar-refractivity contribution in [3.8, 4) is 0 Å². The van der Waals surface area contributed by atoms with Crippen LogP contribution in [0.4, 0.5) is 17.1 Å². The largest absolute Gasteiger partial charge is 0.388 e. The number of rotatable bonds is 4. The first kappa shape index (κ1) is 13.8. The van der Waals surface area contributed by atoms with Crippen LogP contribution >= 0.6 is 0 Å². The standard InChI is InChI=1S/C12H14N4O4/c1-13-7-3-8(5-9(4-7)16(19)20)14-10-6-11(17)15(2)12(10)18/h3-5,10,13-14H,6H2,1-2H3. The summed E-state index contributed by atoms with van der Waals surface area (Å²) in [6, 6.07) is 3.68. The first-order valence-corrected chi connectivity index (χ1v) is 5.96. The maximum absolute atomic E-state index is 11.8. The lowest BCUT2D eigenvalue weighted by molar-refractivity contribution is -0.384. The molecule has 2 rings (SSSR count). The molecule has 0 bridgehead atoms. The molecule has 1 unspecified atom stereocenters. The van der Waals surface area contributed by atoms with Gasteiger partial charge in [-0.3, -0.25) is 24.6 Å². The second-order valence-corrected chi connectivity index (χ2v) is 4.47. The van der Waals surface area contributed by atoms with E-state index in [1.165, 1.54) is 19.2 Å². The third-order valence-corrected chi connectivity index (χ3v) is 3.14. The highest BCUT2D eigenvalue weighted by Gasteiger charge is 2.36. The summed E-state index contributed by atoms with van der Waals surface area (Å²) < 4.78 is 0. The molecule has 0 aliphatic carbocycles. The number of hydrogen-bond acceptors (Lipinski definition) is 6. The number of hydrogen-bond donors (Lipinski definition) is 2. The molecule has 8 heteroatoms. The molecule has 1 fully saturated rings. The van der Waals surface area contributed by atoms with Crippen LogP contribution in [0.2, 0.25) is 0 Å². The zero-order valence-corrected chi connectivity index (χ0v) is 11.0. The zero-order chi connectivity index (χ0) is 14.9. The maximum Gasteiger partial charge on any atom is 0.273 e. The summed E-state index contributed by atoms with van der Waals surface area (Å²) in [4.78, 5) is 34.6. The SMILES string of the molecule is CNc1cc(NC2CC(=O)N(C)C2=O)cc([N+](=O)[O-])c1. The third kappa shape index (κ3) is 2.53. The molecule has 1 atom stereocenters. The topological polar surface area (TPSA) is 105 Å². The molecular formula is C12H14N4O4. The van der Waals surface area contributed by atoms with E-state index in [9.17, 15) is 19.7 Å². The van der Waals surface area contributed by atoms with Gasteiger partial charge in [0.25, 0.3) is 11.6 Å². The highest BCUT2D eigenvalue weighted by Crippen LogP contribution is 2.26. The van der Waals surface area contributed by atoms with Gasteiger partial charge in [-0.25, -0.2) is 0 Å². The van der Waals surface area contributed by atoms with E-state index < -0.39 is 11.0 Å². The molecule has 20 heavy (non-hydrogen) atoms. The quantitative estimate of drug-likeness (QED) is 0.479. The normalized spacial score (nSPS) is 18.3. The molecule has 1 aromatic rings. The van der Waals surface area contributed by atoms with Crippen LogP contribution in [0.15, 0.2) is 18.2 Å². The number of nitro groups is 1. The minimum absolute atomic E-state index is 0.0485. The van der Waals surface area contributed by atoms with Gasteiger partial charge in [-0.2, -0.15) is 0 Å². The van der Waals surface area contributed by atoms with Gasteiger partial charge in [0.1, 0.15) is 6.04 Å². The molecular weight excluding hydrogens is 264 g/mol. The summed E-state index contributed by atoms with van der Waals surface area (Å²) in [6.07, 6.45) is 0.0485. The van der Waals surface area contributed by atoms with E-state index in [1.54, 1.807) is 13.1 Å². The first-order valence-electron chi connectivity index (χ1n) is 5.96. The van der Waals surface area contributed by atoms with Crippen LogP contribution in [0.5, 0.6) is 0 Å². The number of amides is 2. The van der Waals surface area contributed by atoms with Gasteiger partial charge in [0.2, 0.25) is 5.91 Å². The van der Waals surface area contributed by atoms with E-state index in [0.717, 1.165) is 4.90 Å². The van der Waals surface area contributed by atoms with Crippen LogP contribution in [-0.2, 0) is 9.59 Å². The average Bonchev–Trinajstić information content (AvgIpc) is 2.66. The molecule has 2 amide bonds. The number of nitrogens with one attached hydrogen (secondary N) is 2. The first-order chi connectivity index (χ1) is 9.42. The smallest absolute Gasteiger partial charge is 0.273 e. The monoisotopic (exact) mass is 278 g/mol. The Hall–Kier alpha value is -2.64. The molecule has 1 heterocycles. The van der Waals surface area contributed by atoms with Crippen LogP contribution in [0.1, 0.15) is 6.42 Å². The number of carbonyl (C=O) groups excluding carboxylic acids is 2. The second kappa shape index (κ2) is 5.16. The fourth-order valence-corrected chi connectivity index (χ4v) is 2.01. The van der Waals surface area contributed by atoms with Crippen molar-refractivity contribution in [2.45, 2.75) is 12.5 Å². The van der Waals surface area contributed by atoms with E-state index in [4.69, 9.17) is 0 Å². The lowest BCUT2D eigenvalue weighted by Crippen LogP contribution is -2.31. The zero-order valence-electron chi connectivity index (χ0n) is 11.0. The van der Waals surface area contributed by atoms with E-state index >= 15 is 0 Å². The summed E-state index contributed by atoms with van der Waals surface area (Å²) in [5.41, 5.74) is 0.876. The highest BCUT2D eigenvalue weighted by atomic mass is 16.6. The summed E-state index contributed by atoms with van der Waals surface area (Å²) in [5, 5.41) is 16.5. The van der Waals surface area contributed by atoms with Crippen LogP contribution in [0, 0.1) is 10.1 Å². The number of likely N-dealkylation sites (tertiary alicyclic amines) is 1. The van der Waals surface area contributed by atoms with Gasteiger partial charge in [-0.1, -0.05) is 0 Å². The Labute approximate surface area is 114 Å². The number of nitrogens with zero attached hydrogens (tertiary/aromatic N) is 2. The van der Waals surface area contributed by atoms with E-state index in [0.29, 0.717) is 11.4 Å². The number of nitro benzene ring substituents is 1. The van der Waals surface area contributed by atoms with Crippen molar-refractivity contribution in [2.75, 3.05) is 24.7 Å². The fourth-order valence-electron chi connectivity index (χ4n) is 2.01. The Kier molecular flexibility index (Phi) is 3.55. The summed E-state index contributed by atoms with van der Waals surface area (Å²) in [6.45, 7) is 0. The Morgan fingerprint density at radius 3 is 2.45 bits per heavy atom. The fraction of sp³-hybridized carbons (Fsp3) is 0.333. The maximum atomic E-state index is 11.8. The van der Waals surface area contributed by atoms with E-state index in [2.05, 4.69) is 10.6 Å². The molecule has 8 nitrogen and oxygen atoms in total. The third-order valence-electron chi connectivity index (χ3n) is 3.14. The van der Waals surface area contributed by atoms with Crippen LogP contribution in [0.3, 0.4) is 0 Å². The average molecular weight is 278 g/mol. The predicted molar refractivity (Wildman–Crippen MR) is 72.4 cm³/mol. The molecule has 1 aliphatic rings. The van der Waals surface area contributed by atoms with Crippen LogP contribution < -0.4 is 10.6 Å². The lowest BCUT2D eigenvalue weighted by Gasteiger charge is -2.13. The summed E-state index contributed by atoms with van der Waals surface area (Å²) in [7, 11) is 3.06. The lowest BCUT2D eigenvalue weighted by atomic mass is 10.2. The van der Waals surface area contributed by atoms with Crippen LogP contribution in [-0.4, -0.2) is 41.8 Å². The Morgan fingerprint density at radius 2 is 1.95 bits per heavy atom. The Morgan fingerprint density at radius 1 is 1.30 bits per heavy atom. The number of likely N-dealkylation sites (N-methyl/N-ethyl adjacent to an activating group) is 1. The second-order valence-electron chi connectivity index (χ2n) is 4.47. The van der Waals surface area contributed by atoms with Gasteiger partial charge in [-0.15, -0.1) is 0 Å². The minimum atomic E-state index is -0.681. The summed E-state index contributed by atoms with van der Waals surface area (Å²) >= 11 is 0. The van der Waals surface area contributed by atoms with Gasteiger partial charge in [0, 0.05) is 37.6 Å².